The monoisotopic (exact) mass is 546 g/mol. The lowest BCUT2D eigenvalue weighted by Gasteiger charge is -2.38. The molecule has 5 atom stereocenters. The molecule has 6 rings (SSSR count). The number of aliphatic hydroxyl groups is 2. The lowest BCUT2D eigenvalue weighted by molar-refractivity contribution is 0.00730. The molecule has 10 nitrogen and oxygen atoms in total. The summed E-state index contributed by atoms with van der Waals surface area (Å²) in [5.74, 6) is -1.95. The molecule has 0 spiro atoms. The Morgan fingerprint density at radius 3 is 1.82 bits per heavy atom. The van der Waals surface area contributed by atoms with Crippen LogP contribution in [-0.2, 0) is 6.42 Å². The van der Waals surface area contributed by atoms with Crippen molar-refractivity contribution in [1.82, 2.24) is 0 Å². The van der Waals surface area contributed by atoms with E-state index in [0.717, 1.165) is 0 Å². The van der Waals surface area contributed by atoms with Crippen molar-refractivity contribution in [1.29, 1.82) is 0 Å². The van der Waals surface area contributed by atoms with Gasteiger partial charge in [0.25, 0.3) is 0 Å². The summed E-state index contributed by atoms with van der Waals surface area (Å²) in [4.78, 5) is 0. The van der Waals surface area contributed by atoms with E-state index in [1.807, 2.05) is 0 Å². The van der Waals surface area contributed by atoms with Gasteiger partial charge >= 0.3 is 0 Å². The fraction of sp³-hybridized carbons (Fsp3) is 0.200. The summed E-state index contributed by atoms with van der Waals surface area (Å²) < 4.78 is 12.0. The molecule has 0 aromatic heterocycles. The maximum atomic E-state index is 11.6. The molecule has 0 bridgehead atoms. The van der Waals surface area contributed by atoms with Gasteiger partial charge in [-0.25, -0.2) is 0 Å². The van der Waals surface area contributed by atoms with E-state index in [2.05, 4.69) is 0 Å². The van der Waals surface area contributed by atoms with Crippen molar-refractivity contribution in [3.63, 3.8) is 0 Å². The van der Waals surface area contributed by atoms with E-state index in [0.29, 0.717) is 33.6 Å². The molecule has 0 saturated heterocycles. The van der Waals surface area contributed by atoms with Gasteiger partial charge < -0.3 is 50.3 Å². The van der Waals surface area contributed by atoms with Gasteiger partial charge in [-0.3, -0.25) is 0 Å². The van der Waals surface area contributed by atoms with Crippen LogP contribution in [-0.4, -0.2) is 53.1 Å². The van der Waals surface area contributed by atoms with E-state index >= 15 is 0 Å². The molecule has 0 amide bonds. The van der Waals surface area contributed by atoms with Crippen LogP contribution in [0.3, 0.4) is 0 Å². The first-order valence-corrected chi connectivity index (χ1v) is 12.5. The second-order valence-electron chi connectivity index (χ2n) is 10.1. The lowest BCUT2D eigenvalue weighted by Crippen LogP contribution is -2.35. The summed E-state index contributed by atoms with van der Waals surface area (Å²) in [6, 6.07) is 15.6. The largest absolute Gasteiger partial charge is 0.508 e. The number of ether oxygens (including phenoxy) is 2. The normalized spacial score (nSPS) is 23.4. The van der Waals surface area contributed by atoms with Crippen molar-refractivity contribution < 1.29 is 50.3 Å². The topological polar surface area (TPSA) is 180 Å². The number of phenols is 6. The molecule has 0 unspecified atom stereocenters. The molecule has 10 heteroatoms. The molecule has 40 heavy (non-hydrogen) atoms. The number of fused-ring (bicyclic) bond motifs is 2. The average Bonchev–Trinajstić information content (AvgIpc) is 2.91. The average molecular weight is 547 g/mol. The molecular formula is C30H26O10. The van der Waals surface area contributed by atoms with Gasteiger partial charge in [0.2, 0.25) is 0 Å². The van der Waals surface area contributed by atoms with Crippen LogP contribution >= 0.6 is 0 Å². The molecule has 0 radical (unpaired) electrons. The molecule has 2 heterocycles. The lowest BCUT2D eigenvalue weighted by atomic mass is 9.78. The highest BCUT2D eigenvalue weighted by atomic mass is 16.5. The first-order chi connectivity index (χ1) is 19.1. The zero-order valence-corrected chi connectivity index (χ0v) is 20.8. The van der Waals surface area contributed by atoms with Crippen LogP contribution in [0, 0.1) is 0 Å². The molecule has 2 aliphatic rings. The van der Waals surface area contributed by atoms with E-state index in [9.17, 15) is 40.9 Å². The minimum Gasteiger partial charge on any atom is -0.508 e. The third-order valence-corrected chi connectivity index (χ3v) is 7.47. The number of benzene rings is 4. The summed E-state index contributed by atoms with van der Waals surface area (Å²) in [6.07, 6.45) is -4.06. The Morgan fingerprint density at radius 1 is 0.550 bits per heavy atom. The van der Waals surface area contributed by atoms with Gasteiger partial charge in [-0.15, -0.1) is 0 Å². The van der Waals surface area contributed by atoms with E-state index in [-0.39, 0.29) is 40.9 Å². The minimum atomic E-state index is -1.27. The fourth-order valence-electron chi connectivity index (χ4n) is 5.49. The van der Waals surface area contributed by atoms with Crippen LogP contribution < -0.4 is 9.47 Å². The Bertz CT molecular complexity index is 1620. The van der Waals surface area contributed by atoms with Gasteiger partial charge in [0.15, 0.2) is 29.1 Å². The molecule has 0 aliphatic carbocycles. The highest BCUT2D eigenvalue weighted by molar-refractivity contribution is 5.57. The summed E-state index contributed by atoms with van der Waals surface area (Å²) in [6.45, 7) is 0. The predicted molar refractivity (Wildman–Crippen MR) is 140 cm³/mol. The van der Waals surface area contributed by atoms with Crippen LogP contribution in [0.15, 0.2) is 66.7 Å². The molecule has 0 fully saturated rings. The zero-order chi connectivity index (χ0) is 28.3. The van der Waals surface area contributed by atoms with E-state index in [1.54, 1.807) is 12.1 Å². The molecular weight excluding hydrogens is 520 g/mol. The Balaban J connectivity index is 1.41. The smallest absolute Gasteiger partial charge is 0.157 e. The maximum absolute atomic E-state index is 11.6. The van der Waals surface area contributed by atoms with Crippen LogP contribution in [0.1, 0.15) is 45.9 Å². The van der Waals surface area contributed by atoms with Crippen LogP contribution in [0.5, 0.6) is 46.0 Å². The molecule has 4 aromatic carbocycles. The highest BCUT2D eigenvalue weighted by Gasteiger charge is 2.42. The fourth-order valence-corrected chi connectivity index (χ4v) is 5.49. The zero-order valence-electron chi connectivity index (χ0n) is 20.8. The molecule has 4 aromatic rings. The summed E-state index contributed by atoms with van der Waals surface area (Å²) >= 11 is 0. The van der Waals surface area contributed by atoms with Crippen molar-refractivity contribution in [2.45, 2.75) is 36.8 Å². The first kappa shape index (κ1) is 25.5. The molecule has 0 saturated carbocycles. The Labute approximate surface area is 227 Å². The molecule has 206 valence electrons. The van der Waals surface area contributed by atoms with Crippen LogP contribution in [0.2, 0.25) is 0 Å². The maximum Gasteiger partial charge on any atom is 0.157 e. The number of phenolic OH excluding ortho intramolecular Hbond substituents is 6. The third-order valence-electron chi connectivity index (χ3n) is 7.47. The van der Waals surface area contributed by atoms with Crippen molar-refractivity contribution >= 4 is 0 Å². The molecule has 2 aliphatic heterocycles. The number of aliphatic hydroxyl groups excluding tert-OH is 2. The van der Waals surface area contributed by atoms with Crippen molar-refractivity contribution in [2.75, 3.05) is 0 Å². The summed E-state index contributed by atoms with van der Waals surface area (Å²) in [5.41, 5.74) is 2.18. The van der Waals surface area contributed by atoms with Gasteiger partial charge in [0, 0.05) is 35.6 Å². The van der Waals surface area contributed by atoms with Gasteiger partial charge in [0.05, 0.1) is 6.10 Å². The van der Waals surface area contributed by atoms with E-state index < -0.39 is 36.1 Å². The van der Waals surface area contributed by atoms with Crippen LogP contribution in [0.25, 0.3) is 0 Å². The van der Waals surface area contributed by atoms with Crippen LogP contribution in [0.4, 0.5) is 0 Å². The second-order valence-corrected chi connectivity index (χ2v) is 10.1. The third kappa shape index (κ3) is 4.23. The number of rotatable bonds is 3. The number of hydrogen-bond donors (Lipinski definition) is 8. The second kappa shape index (κ2) is 9.44. The highest BCUT2D eigenvalue weighted by Crippen LogP contribution is 2.51. The quantitative estimate of drug-likeness (QED) is 0.177. The molecule has 8 N–H and O–H groups in total. The van der Waals surface area contributed by atoms with Gasteiger partial charge in [-0.1, -0.05) is 18.2 Å². The summed E-state index contributed by atoms with van der Waals surface area (Å²) in [7, 11) is 0. The predicted octanol–water partition coefficient (Wildman–Crippen LogP) is 3.58. The standard InChI is InChI=1S/C30H26O10/c31-16-3-4-17-26(11-16)40-30(14-2-6-20(33)23(36)9-14)28(38)27(17)18-7-15-10-24(37)29(39-25(15)12-21(18)34)13-1-5-19(32)22(35)8-13/h1-9,11-12,24,27-38H,10H2/t24-,27-,28-,29-,30-/m0/s1. The van der Waals surface area contributed by atoms with Crippen molar-refractivity contribution in [3.8, 4) is 46.0 Å². The van der Waals surface area contributed by atoms with E-state index in [4.69, 9.17) is 9.47 Å². The first-order valence-electron chi connectivity index (χ1n) is 12.5. The van der Waals surface area contributed by atoms with E-state index in [1.165, 1.54) is 54.6 Å². The number of aromatic hydroxyl groups is 6. The minimum absolute atomic E-state index is 0.0707. The van der Waals surface area contributed by atoms with Crippen molar-refractivity contribution in [3.05, 3.63) is 94.5 Å². The van der Waals surface area contributed by atoms with Gasteiger partial charge in [-0.05, 0) is 53.1 Å². The van der Waals surface area contributed by atoms with Gasteiger partial charge in [0.1, 0.15) is 35.2 Å². The SMILES string of the molecule is Oc1ccc2c(c1)O[C@@H](c1ccc(O)c(O)c1)[C@@H](O)[C@@H]2c1cc2c(cc1O)O[C@@H](c1ccc(O)c(O)c1)[C@@H](O)C2. The Hall–Kier alpha value is -4.80. The van der Waals surface area contributed by atoms with Gasteiger partial charge in [-0.2, -0.15) is 0 Å². The number of hydrogen-bond acceptors (Lipinski definition) is 10. The van der Waals surface area contributed by atoms with Crippen molar-refractivity contribution in [2.24, 2.45) is 0 Å². The summed E-state index contributed by atoms with van der Waals surface area (Å²) in [5, 5.41) is 83.0. The Kier molecular flexibility index (Phi) is 6.01. The Morgan fingerprint density at radius 2 is 1.18 bits per heavy atom.